The molecule has 0 bridgehead atoms. The number of hydrogen-bond acceptors (Lipinski definition) is 5. The first-order valence-electron chi connectivity index (χ1n) is 5.97. The molecule has 0 radical (unpaired) electrons. The van der Waals surface area contributed by atoms with Crippen molar-refractivity contribution in [3.63, 3.8) is 0 Å². The second-order valence-electron chi connectivity index (χ2n) is 3.76. The van der Waals surface area contributed by atoms with E-state index in [0.717, 1.165) is 12.3 Å². The average molecular weight is 345 g/mol. The molecule has 1 aromatic rings. The van der Waals surface area contributed by atoms with Gasteiger partial charge in [0.15, 0.2) is 11.0 Å². The summed E-state index contributed by atoms with van der Waals surface area (Å²) in [6.07, 6.45) is 6.07. The van der Waals surface area contributed by atoms with Crippen molar-refractivity contribution >= 4 is 41.1 Å². The number of aliphatic imine (C=N–C) groups is 1. The van der Waals surface area contributed by atoms with Gasteiger partial charge in [0.1, 0.15) is 16.5 Å². The van der Waals surface area contributed by atoms with E-state index in [-0.39, 0.29) is 29.4 Å². The number of hydrogen-bond donors (Lipinski definition) is 1. The highest BCUT2D eigenvalue weighted by Crippen LogP contribution is 2.27. The van der Waals surface area contributed by atoms with Crippen LogP contribution < -0.4 is 0 Å². The number of terminal acetylenes is 1. The topological polar surface area (TPSA) is 71.8 Å². The zero-order chi connectivity index (χ0) is 16.7. The Morgan fingerprint density at radius 2 is 2.27 bits per heavy atom. The lowest BCUT2D eigenvalue weighted by molar-refractivity contribution is -0.137. The second-order valence-corrected chi connectivity index (χ2v) is 4.47. The van der Waals surface area contributed by atoms with Crippen LogP contribution in [0.4, 0.5) is 4.39 Å². The predicted molar refractivity (Wildman–Crippen MR) is 82.6 cm³/mol. The number of esters is 1. The molecule has 0 unspecified atom stereocenters. The Labute approximate surface area is 136 Å². The SMILES string of the molecule is C#CCN=C/C(C(=O)OCC)=C(\O)c1cc(F)c(Cl)nc1Cl. The summed E-state index contributed by atoms with van der Waals surface area (Å²) in [4.78, 5) is 19.1. The van der Waals surface area contributed by atoms with E-state index in [4.69, 9.17) is 34.4 Å². The maximum Gasteiger partial charge on any atom is 0.343 e. The number of carbonyl (C=O) groups excluding carboxylic acids is 1. The predicted octanol–water partition coefficient (Wildman–Crippen LogP) is 3.06. The van der Waals surface area contributed by atoms with Crippen LogP contribution in [0.5, 0.6) is 0 Å². The van der Waals surface area contributed by atoms with E-state index in [1.54, 1.807) is 6.92 Å². The van der Waals surface area contributed by atoms with Crippen LogP contribution in [-0.4, -0.2) is 35.4 Å². The molecule has 1 heterocycles. The van der Waals surface area contributed by atoms with E-state index < -0.39 is 22.7 Å². The van der Waals surface area contributed by atoms with Gasteiger partial charge in [-0.3, -0.25) is 4.99 Å². The molecule has 0 spiro atoms. The third kappa shape index (κ3) is 4.45. The first-order chi connectivity index (χ1) is 10.4. The van der Waals surface area contributed by atoms with Crippen LogP contribution in [0.25, 0.3) is 5.76 Å². The third-order valence-electron chi connectivity index (χ3n) is 2.30. The minimum atomic E-state index is -0.906. The van der Waals surface area contributed by atoms with Gasteiger partial charge in [-0.1, -0.05) is 29.1 Å². The van der Waals surface area contributed by atoms with Crippen LogP contribution >= 0.6 is 23.2 Å². The summed E-state index contributed by atoms with van der Waals surface area (Å²) < 4.78 is 18.3. The Morgan fingerprint density at radius 3 is 2.86 bits per heavy atom. The molecule has 0 fully saturated rings. The maximum atomic E-state index is 13.5. The molecule has 0 amide bonds. The molecular formula is C14H11Cl2FN2O3. The molecule has 0 aliphatic heterocycles. The van der Waals surface area contributed by atoms with Crippen LogP contribution in [0.15, 0.2) is 16.6 Å². The normalized spacial score (nSPS) is 12.0. The Kier molecular flexibility index (Phi) is 6.83. The maximum absolute atomic E-state index is 13.5. The summed E-state index contributed by atoms with van der Waals surface area (Å²) >= 11 is 11.3. The lowest BCUT2D eigenvalue weighted by Gasteiger charge is -2.08. The van der Waals surface area contributed by atoms with Crippen molar-refractivity contribution in [3.05, 3.63) is 33.3 Å². The molecule has 0 aromatic carbocycles. The number of aromatic nitrogens is 1. The van der Waals surface area contributed by atoms with Crippen LogP contribution in [0.2, 0.25) is 10.3 Å². The molecule has 0 saturated heterocycles. The Bertz CT molecular complexity index is 681. The van der Waals surface area contributed by atoms with Crippen molar-refractivity contribution in [2.24, 2.45) is 4.99 Å². The molecule has 22 heavy (non-hydrogen) atoms. The highest BCUT2D eigenvalue weighted by atomic mass is 35.5. The number of halogens is 3. The van der Waals surface area contributed by atoms with Crippen molar-refractivity contribution in [2.75, 3.05) is 13.2 Å². The van der Waals surface area contributed by atoms with Gasteiger partial charge in [0.2, 0.25) is 0 Å². The number of ether oxygens (including phenoxy) is 1. The van der Waals surface area contributed by atoms with Gasteiger partial charge < -0.3 is 9.84 Å². The van der Waals surface area contributed by atoms with Crippen LogP contribution in [-0.2, 0) is 9.53 Å². The first-order valence-corrected chi connectivity index (χ1v) is 6.73. The molecule has 0 atom stereocenters. The number of nitrogens with zero attached hydrogens (tertiary/aromatic N) is 2. The number of aliphatic hydroxyl groups is 1. The highest BCUT2D eigenvalue weighted by molar-refractivity contribution is 6.34. The summed E-state index contributed by atoms with van der Waals surface area (Å²) in [5.41, 5.74) is -0.554. The number of pyridine rings is 1. The Hall–Kier alpha value is -2.10. The average Bonchev–Trinajstić information content (AvgIpc) is 2.47. The molecule has 5 nitrogen and oxygen atoms in total. The van der Waals surface area contributed by atoms with Gasteiger partial charge in [-0.05, 0) is 13.0 Å². The Morgan fingerprint density at radius 1 is 1.59 bits per heavy atom. The first kappa shape index (κ1) is 18.0. The van der Waals surface area contributed by atoms with E-state index in [2.05, 4.69) is 15.9 Å². The molecule has 8 heteroatoms. The van der Waals surface area contributed by atoms with Crippen molar-refractivity contribution in [3.8, 4) is 12.3 Å². The number of carbonyl (C=O) groups is 1. The van der Waals surface area contributed by atoms with Crippen molar-refractivity contribution in [1.29, 1.82) is 0 Å². The lowest BCUT2D eigenvalue weighted by Crippen LogP contribution is -2.12. The lowest BCUT2D eigenvalue weighted by atomic mass is 10.1. The summed E-state index contributed by atoms with van der Waals surface area (Å²) in [7, 11) is 0. The van der Waals surface area contributed by atoms with E-state index >= 15 is 0 Å². The van der Waals surface area contributed by atoms with E-state index in [1.807, 2.05) is 0 Å². The summed E-state index contributed by atoms with van der Waals surface area (Å²) in [5.74, 6) is -0.190. The number of rotatable bonds is 5. The standard InChI is InChI=1S/C14H11Cl2FN2O3/c1-3-5-18-7-9(14(21)22-4-2)11(20)8-6-10(17)13(16)19-12(8)15/h1,6-7,20H,4-5H2,2H3/b11-9+,18-7?. The molecule has 0 saturated carbocycles. The minimum absolute atomic E-state index is 0.0167. The molecule has 1 N–H and O–H groups in total. The van der Waals surface area contributed by atoms with Crippen LogP contribution in [0, 0.1) is 18.2 Å². The minimum Gasteiger partial charge on any atom is -0.506 e. The molecule has 0 aliphatic rings. The smallest absolute Gasteiger partial charge is 0.343 e. The van der Waals surface area contributed by atoms with Gasteiger partial charge in [0, 0.05) is 6.21 Å². The molecule has 1 aromatic heterocycles. The highest BCUT2D eigenvalue weighted by Gasteiger charge is 2.20. The van der Waals surface area contributed by atoms with Gasteiger partial charge in [-0.25, -0.2) is 14.2 Å². The van der Waals surface area contributed by atoms with Crippen molar-refractivity contribution < 1.29 is 19.0 Å². The Balaban J connectivity index is 3.41. The van der Waals surface area contributed by atoms with Crippen LogP contribution in [0.3, 0.4) is 0 Å². The summed E-state index contributed by atoms with van der Waals surface area (Å²) in [5, 5.41) is 9.43. The fourth-order valence-electron chi connectivity index (χ4n) is 1.37. The van der Waals surface area contributed by atoms with Gasteiger partial charge in [-0.2, -0.15) is 0 Å². The second kappa shape index (κ2) is 8.37. The fraction of sp³-hybridized carbons (Fsp3) is 0.214. The quantitative estimate of drug-likeness (QED) is 0.222. The number of aliphatic hydroxyl groups excluding tert-OH is 1. The largest absolute Gasteiger partial charge is 0.506 e. The van der Waals surface area contributed by atoms with Crippen molar-refractivity contribution in [2.45, 2.75) is 6.92 Å². The molecule has 1 rings (SSSR count). The zero-order valence-electron chi connectivity index (χ0n) is 11.4. The summed E-state index contributed by atoms with van der Waals surface area (Å²) in [6, 6.07) is 0.848. The van der Waals surface area contributed by atoms with Gasteiger partial charge >= 0.3 is 5.97 Å². The van der Waals surface area contributed by atoms with Crippen LogP contribution in [0.1, 0.15) is 12.5 Å². The van der Waals surface area contributed by atoms with Gasteiger partial charge in [0.25, 0.3) is 0 Å². The third-order valence-corrected chi connectivity index (χ3v) is 2.85. The zero-order valence-corrected chi connectivity index (χ0v) is 13.0. The van der Waals surface area contributed by atoms with Gasteiger partial charge in [0.05, 0.1) is 18.7 Å². The van der Waals surface area contributed by atoms with E-state index in [0.29, 0.717) is 0 Å². The van der Waals surface area contributed by atoms with Gasteiger partial charge in [-0.15, -0.1) is 6.42 Å². The molecule has 116 valence electrons. The van der Waals surface area contributed by atoms with E-state index in [1.165, 1.54) is 0 Å². The molecular weight excluding hydrogens is 334 g/mol. The summed E-state index contributed by atoms with van der Waals surface area (Å²) in [6.45, 7) is 1.64. The van der Waals surface area contributed by atoms with Crippen molar-refractivity contribution in [1.82, 2.24) is 4.98 Å². The van der Waals surface area contributed by atoms with E-state index in [9.17, 15) is 14.3 Å². The monoisotopic (exact) mass is 344 g/mol. The molecule has 0 aliphatic carbocycles. The fourth-order valence-corrected chi connectivity index (χ4v) is 1.78.